The number of nitrogens with one attached hydrogen (secondary N) is 2. The third-order valence-electron chi connectivity index (χ3n) is 4.36. The lowest BCUT2D eigenvalue weighted by molar-refractivity contribution is -0.142. The van der Waals surface area contributed by atoms with Crippen LogP contribution in [0.3, 0.4) is 0 Å². The van der Waals surface area contributed by atoms with Crippen LogP contribution in [0.25, 0.3) is 6.08 Å². The summed E-state index contributed by atoms with van der Waals surface area (Å²) >= 11 is 0. The predicted molar refractivity (Wildman–Crippen MR) is 118 cm³/mol. The van der Waals surface area contributed by atoms with E-state index >= 15 is 0 Å². The van der Waals surface area contributed by atoms with Gasteiger partial charge in [0.1, 0.15) is 12.4 Å². The molecule has 1 aliphatic rings. The zero-order chi connectivity index (χ0) is 22.1. The molecular formula is C24H24N2O5. The Hall–Kier alpha value is -3.87. The van der Waals surface area contributed by atoms with Gasteiger partial charge in [0.05, 0.1) is 11.3 Å². The van der Waals surface area contributed by atoms with Gasteiger partial charge in [0.15, 0.2) is 6.61 Å². The molecule has 0 saturated heterocycles. The molecule has 2 amide bonds. The topological polar surface area (TPSA) is 93.7 Å². The summed E-state index contributed by atoms with van der Waals surface area (Å²) < 4.78 is 10.4. The highest BCUT2D eigenvalue weighted by Crippen LogP contribution is 2.21. The minimum absolute atomic E-state index is 0.208. The number of hydrogen-bond donors (Lipinski definition) is 2. The summed E-state index contributed by atoms with van der Waals surface area (Å²) in [5.74, 6) is -0.722. The Balaban J connectivity index is 1.47. The van der Waals surface area contributed by atoms with Gasteiger partial charge in [-0.3, -0.25) is 9.59 Å². The Morgan fingerprint density at radius 1 is 1.06 bits per heavy atom. The number of carbonyl (C=O) groups excluding carboxylic acids is 3. The number of esters is 1. The summed E-state index contributed by atoms with van der Waals surface area (Å²) in [7, 11) is 0. The summed E-state index contributed by atoms with van der Waals surface area (Å²) in [6.07, 6.45) is 6.41. The van der Waals surface area contributed by atoms with E-state index in [2.05, 4.69) is 17.2 Å². The fourth-order valence-corrected chi connectivity index (χ4v) is 2.65. The highest BCUT2D eigenvalue weighted by molar-refractivity contribution is 6.04. The number of hydrogen-bond acceptors (Lipinski definition) is 5. The molecule has 160 valence electrons. The monoisotopic (exact) mass is 420 g/mol. The predicted octanol–water partition coefficient (Wildman–Crippen LogP) is 3.34. The van der Waals surface area contributed by atoms with E-state index in [1.165, 1.54) is 6.08 Å². The molecule has 1 saturated carbocycles. The number of anilines is 1. The van der Waals surface area contributed by atoms with Crippen molar-refractivity contribution in [3.05, 3.63) is 78.4 Å². The van der Waals surface area contributed by atoms with Crippen molar-refractivity contribution in [2.24, 2.45) is 0 Å². The molecule has 1 aliphatic carbocycles. The lowest BCUT2D eigenvalue weighted by atomic mass is 10.1. The van der Waals surface area contributed by atoms with Gasteiger partial charge in [-0.25, -0.2) is 4.79 Å². The van der Waals surface area contributed by atoms with Crippen LogP contribution in [0.15, 0.2) is 67.3 Å². The normalized spacial score (nSPS) is 12.8. The second-order valence-corrected chi connectivity index (χ2v) is 6.95. The van der Waals surface area contributed by atoms with Crippen molar-refractivity contribution in [2.45, 2.75) is 18.9 Å². The molecule has 2 aromatic rings. The summed E-state index contributed by atoms with van der Waals surface area (Å²) in [6, 6.07) is 14.0. The first-order valence-electron chi connectivity index (χ1n) is 9.93. The van der Waals surface area contributed by atoms with Crippen molar-refractivity contribution in [3.8, 4) is 5.75 Å². The van der Waals surface area contributed by atoms with Gasteiger partial charge in [0.25, 0.3) is 11.8 Å². The molecule has 0 bridgehead atoms. The van der Waals surface area contributed by atoms with Crippen LogP contribution in [0, 0.1) is 0 Å². The molecule has 0 spiro atoms. The zero-order valence-electron chi connectivity index (χ0n) is 17.0. The molecule has 2 N–H and O–H groups in total. The molecule has 0 heterocycles. The minimum Gasteiger partial charge on any atom is -0.490 e. The Labute approximate surface area is 180 Å². The number of para-hydroxylation sites is 1. The van der Waals surface area contributed by atoms with Crippen LogP contribution >= 0.6 is 0 Å². The first kappa shape index (κ1) is 21.8. The average molecular weight is 420 g/mol. The van der Waals surface area contributed by atoms with Crippen LogP contribution < -0.4 is 15.4 Å². The Morgan fingerprint density at radius 2 is 1.81 bits per heavy atom. The Bertz CT molecular complexity index is 978. The SMILES string of the molecule is C=CCOc1ccc(/C=C/C(=O)OCC(=O)Nc2ccccc2C(=O)NC2CC2)cc1. The first-order chi connectivity index (χ1) is 15.0. The maximum absolute atomic E-state index is 12.3. The van der Waals surface area contributed by atoms with Crippen LogP contribution in [0.2, 0.25) is 0 Å². The van der Waals surface area contributed by atoms with E-state index in [9.17, 15) is 14.4 Å². The third kappa shape index (κ3) is 7.15. The molecule has 0 aromatic heterocycles. The van der Waals surface area contributed by atoms with Crippen molar-refractivity contribution in [2.75, 3.05) is 18.5 Å². The van der Waals surface area contributed by atoms with E-state index in [-0.39, 0.29) is 11.9 Å². The van der Waals surface area contributed by atoms with Crippen molar-refractivity contribution < 1.29 is 23.9 Å². The second kappa shape index (κ2) is 10.8. The van der Waals surface area contributed by atoms with Gasteiger partial charge in [-0.2, -0.15) is 0 Å². The summed E-state index contributed by atoms with van der Waals surface area (Å²) in [4.78, 5) is 36.3. The molecule has 0 radical (unpaired) electrons. The zero-order valence-corrected chi connectivity index (χ0v) is 17.0. The number of carbonyl (C=O) groups is 3. The van der Waals surface area contributed by atoms with Crippen LogP contribution in [-0.4, -0.2) is 37.0 Å². The van der Waals surface area contributed by atoms with Crippen molar-refractivity contribution in [1.29, 1.82) is 0 Å². The molecule has 3 rings (SSSR count). The maximum atomic E-state index is 12.3. The summed E-state index contributed by atoms with van der Waals surface area (Å²) in [6.45, 7) is 3.54. The van der Waals surface area contributed by atoms with E-state index < -0.39 is 18.5 Å². The molecule has 2 aromatic carbocycles. The number of rotatable bonds is 10. The quantitative estimate of drug-likeness (QED) is 0.349. The molecule has 31 heavy (non-hydrogen) atoms. The van der Waals surface area contributed by atoms with Crippen molar-refractivity contribution >= 4 is 29.5 Å². The first-order valence-corrected chi connectivity index (χ1v) is 9.93. The van der Waals surface area contributed by atoms with E-state index in [1.54, 1.807) is 60.7 Å². The summed E-state index contributed by atoms with van der Waals surface area (Å²) in [5, 5.41) is 5.50. The molecule has 1 fully saturated rings. The fourth-order valence-electron chi connectivity index (χ4n) is 2.65. The van der Waals surface area contributed by atoms with Crippen LogP contribution in [0.1, 0.15) is 28.8 Å². The van der Waals surface area contributed by atoms with E-state index in [4.69, 9.17) is 9.47 Å². The number of ether oxygens (including phenoxy) is 2. The second-order valence-electron chi connectivity index (χ2n) is 6.95. The standard InChI is InChI=1S/C24H24N2O5/c1-2-15-30-19-12-7-17(8-13-19)9-14-23(28)31-16-22(27)26-21-6-4-3-5-20(21)24(29)25-18-10-11-18/h2-9,12-14,18H,1,10-11,15-16H2,(H,25,29)(H,26,27)/b14-9+. The van der Waals surface area contributed by atoms with Gasteiger partial charge in [-0.15, -0.1) is 0 Å². The average Bonchev–Trinajstić information content (AvgIpc) is 3.60. The number of amides is 2. The fraction of sp³-hybridized carbons (Fsp3) is 0.208. The molecular weight excluding hydrogens is 396 g/mol. The molecule has 0 atom stereocenters. The molecule has 0 unspecified atom stereocenters. The third-order valence-corrected chi connectivity index (χ3v) is 4.36. The van der Waals surface area contributed by atoms with Gasteiger partial charge >= 0.3 is 5.97 Å². The lowest BCUT2D eigenvalue weighted by Crippen LogP contribution is -2.27. The van der Waals surface area contributed by atoms with Gasteiger partial charge in [-0.1, -0.05) is 36.9 Å². The molecule has 0 aliphatic heterocycles. The highest BCUT2D eigenvalue weighted by atomic mass is 16.5. The van der Waals surface area contributed by atoms with E-state index in [0.717, 1.165) is 18.4 Å². The van der Waals surface area contributed by atoms with Gasteiger partial charge < -0.3 is 20.1 Å². The summed E-state index contributed by atoms with van der Waals surface area (Å²) in [5.41, 5.74) is 1.52. The van der Waals surface area contributed by atoms with Crippen molar-refractivity contribution in [3.63, 3.8) is 0 Å². The largest absolute Gasteiger partial charge is 0.490 e. The van der Waals surface area contributed by atoms with Crippen LogP contribution in [-0.2, 0) is 14.3 Å². The van der Waals surface area contributed by atoms with Crippen LogP contribution in [0.4, 0.5) is 5.69 Å². The molecule has 7 nitrogen and oxygen atoms in total. The van der Waals surface area contributed by atoms with Crippen molar-refractivity contribution in [1.82, 2.24) is 5.32 Å². The Kier molecular flexibility index (Phi) is 7.59. The lowest BCUT2D eigenvalue weighted by Gasteiger charge is -2.11. The smallest absolute Gasteiger partial charge is 0.331 e. The van der Waals surface area contributed by atoms with Gasteiger partial charge in [-0.05, 0) is 48.7 Å². The van der Waals surface area contributed by atoms with Gasteiger partial charge in [0.2, 0.25) is 0 Å². The minimum atomic E-state index is -0.651. The highest BCUT2D eigenvalue weighted by Gasteiger charge is 2.25. The maximum Gasteiger partial charge on any atom is 0.331 e. The Morgan fingerprint density at radius 3 is 2.52 bits per heavy atom. The van der Waals surface area contributed by atoms with E-state index in [1.807, 2.05) is 0 Å². The van der Waals surface area contributed by atoms with Gasteiger partial charge in [0, 0.05) is 12.1 Å². The number of benzene rings is 2. The van der Waals surface area contributed by atoms with Crippen LogP contribution in [0.5, 0.6) is 5.75 Å². The molecule has 7 heteroatoms. The van der Waals surface area contributed by atoms with E-state index in [0.29, 0.717) is 23.6 Å².